The fraction of sp³-hybridized carbons (Fsp3) is 0.417. The van der Waals surface area contributed by atoms with Gasteiger partial charge in [0, 0.05) is 30.5 Å². The maximum absolute atomic E-state index is 11.6. The minimum Gasteiger partial charge on any atom is -0.385 e. The second-order valence-corrected chi connectivity index (χ2v) is 4.22. The van der Waals surface area contributed by atoms with E-state index >= 15 is 0 Å². The molecule has 4 nitrogen and oxygen atoms in total. The van der Waals surface area contributed by atoms with E-state index in [1.165, 1.54) is 0 Å². The van der Waals surface area contributed by atoms with Crippen molar-refractivity contribution in [2.75, 3.05) is 19.0 Å². The van der Waals surface area contributed by atoms with E-state index in [0.717, 1.165) is 6.42 Å². The highest BCUT2D eigenvalue weighted by Gasteiger charge is 2.06. The third-order valence-corrected chi connectivity index (χ3v) is 2.49. The van der Waals surface area contributed by atoms with Gasteiger partial charge >= 0.3 is 6.03 Å². The molecule has 0 heterocycles. The fourth-order valence-electron chi connectivity index (χ4n) is 1.29. The zero-order valence-electron chi connectivity index (χ0n) is 10.00. The third-order valence-electron chi connectivity index (χ3n) is 2.23. The Labute approximate surface area is 106 Å². The molecule has 1 atom stereocenters. The highest BCUT2D eigenvalue weighted by atomic mass is 35.5. The van der Waals surface area contributed by atoms with E-state index in [9.17, 15) is 4.79 Å². The SMILES string of the molecule is COCC[C@H](C)NC(=O)Nc1ccc(Cl)cc1. The second kappa shape index (κ2) is 7.14. The normalized spacial score (nSPS) is 11.9. The average Bonchev–Trinajstić information content (AvgIpc) is 2.29. The monoisotopic (exact) mass is 256 g/mol. The van der Waals surface area contributed by atoms with Gasteiger partial charge in [-0.05, 0) is 37.6 Å². The molecule has 94 valence electrons. The number of rotatable bonds is 5. The largest absolute Gasteiger partial charge is 0.385 e. The predicted molar refractivity (Wildman–Crippen MR) is 69.6 cm³/mol. The number of methoxy groups -OCH3 is 1. The number of carbonyl (C=O) groups is 1. The molecule has 0 radical (unpaired) electrons. The number of hydrogen-bond acceptors (Lipinski definition) is 2. The van der Waals surface area contributed by atoms with Crippen molar-refractivity contribution in [2.24, 2.45) is 0 Å². The van der Waals surface area contributed by atoms with Gasteiger partial charge in [-0.2, -0.15) is 0 Å². The van der Waals surface area contributed by atoms with Gasteiger partial charge in [0.15, 0.2) is 0 Å². The van der Waals surface area contributed by atoms with Crippen molar-refractivity contribution >= 4 is 23.3 Å². The molecular weight excluding hydrogens is 240 g/mol. The minimum absolute atomic E-state index is 0.0715. The number of hydrogen-bond donors (Lipinski definition) is 2. The Morgan fingerprint density at radius 2 is 2.06 bits per heavy atom. The molecule has 0 aromatic heterocycles. The minimum atomic E-state index is -0.226. The molecule has 1 aromatic carbocycles. The molecule has 0 spiro atoms. The van der Waals surface area contributed by atoms with Gasteiger partial charge < -0.3 is 15.4 Å². The van der Waals surface area contributed by atoms with E-state index in [-0.39, 0.29) is 12.1 Å². The molecule has 17 heavy (non-hydrogen) atoms. The molecule has 0 unspecified atom stereocenters. The number of amides is 2. The summed E-state index contributed by atoms with van der Waals surface area (Å²) in [4.78, 5) is 11.6. The van der Waals surface area contributed by atoms with E-state index in [4.69, 9.17) is 16.3 Å². The maximum Gasteiger partial charge on any atom is 0.319 e. The molecular formula is C12H17ClN2O2. The van der Waals surface area contributed by atoms with Crippen LogP contribution in [0.4, 0.5) is 10.5 Å². The zero-order chi connectivity index (χ0) is 12.7. The first-order chi connectivity index (χ1) is 8.11. The maximum atomic E-state index is 11.6. The quantitative estimate of drug-likeness (QED) is 0.851. The van der Waals surface area contributed by atoms with Crippen molar-refractivity contribution in [1.82, 2.24) is 5.32 Å². The molecule has 0 aliphatic carbocycles. The summed E-state index contributed by atoms with van der Waals surface area (Å²) in [6.45, 7) is 2.56. The van der Waals surface area contributed by atoms with Gasteiger partial charge in [-0.3, -0.25) is 0 Å². The number of anilines is 1. The Kier molecular flexibility index (Phi) is 5.80. The molecule has 5 heteroatoms. The zero-order valence-corrected chi connectivity index (χ0v) is 10.8. The van der Waals surface area contributed by atoms with Crippen LogP contribution in [-0.2, 0) is 4.74 Å². The molecule has 2 N–H and O–H groups in total. The highest BCUT2D eigenvalue weighted by Crippen LogP contribution is 2.13. The van der Waals surface area contributed by atoms with Crippen molar-refractivity contribution in [1.29, 1.82) is 0 Å². The molecule has 0 fully saturated rings. The lowest BCUT2D eigenvalue weighted by atomic mass is 10.2. The topological polar surface area (TPSA) is 50.4 Å². The molecule has 2 amide bonds. The molecule has 0 bridgehead atoms. The van der Waals surface area contributed by atoms with Crippen LogP contribution in [0.3, 0.4) is 0 Å². The van der Waals surface area contributed by atoms with Gasteiger partial charge in [-0.25, -0.2) is 4.79 Å². The second-order valence-electron chi connectivity index (χ2n) is 3.79. The van der Waals surface area contributed by atoms with E-state index in [1.54, 1.807) is 31.4 Å². The molecule has 0 saturated heterocycles. The Balaban J connectivity index is 2.36. The first-order valence-corrected chi connectivity index (χ1v) is 5.81. The first kappa shape index (κ1) is 13.8. The van der Waals surface area contributed by atoms with Gasteiger partial charge in [0.25, 0.3) is 0 Å². The van der Waals surface area contributed by atoms with Crippen molar-refractivity contribution in [2.45, 2.75) is 19.4 Å². The number of urea groups is 1. The smallest absolute Gasteiger partial charge is 0.319 e. The summed E-state index contributed by atoms with van der Waals surface area (Å²) < 4.78 is 4.94. The standard InChI is InChI=1S/C12H17ClN2O2/c1-9(7-8-17-2)14-12(16)15-11-5-3-10(13)4-6-11/h3-6,9H,7-8H2,1-2H3,(H2,14,15,16)/t9-/m0/s1. The van der Waals surface area contributed by atoms with Crippen LogP contribution >= 0.6 is 11.6 Å². The molecule has 0 aliphatic heterocycles. The third kappa shape index (κ3) is 5.56. The Morgan fingerprint density at radius 1 is 1.41 bits per heavy atom. The van der Waals surface area contributed by atoms with Crippen molar-refractivity contribution < 1.29 is 9.53 Å². The summed E-state index contributed by atoms with van der Waals surface area (Å²) in [7, 11) is 1.64. The highest BCUT2D eigenvalue weighted by molar-refractivity contribution is 6.30. The van der Waals surface area contributed by atoms with Crippen LogP contribution in [0.2, 0.25) is 5.02 Å². The van der Waals surface area contributed by atoms with Crippen LogP contribution in [0.15, 0.2) is 24.3 Å². The number of carbonyl (C=O) groups excluding carboxylic acids is 1. The van der Waals surface area contributed by atoms with Gasteiger partial charge in [0.05, 0.1) is 0 Å². The van der Waals surface area contributed by atoms with Crippen molar-refractivity contribution in [3.63, 3.8) is 0 Å². The Bertz CT molecular complexity index is 354. The lowest BCUT2D eigenvalue weighted by Gasteiger charge is -2.14. The van der Waals surface area contributed by atoms with Crippen LogP contribution in [0.1, 0.15) is 13.3 Å². The van der Waals surface area contributed by atoms with Crippen molar-refractivity contribution in [3.8, 4) is 0 Å². The number of halogens is 1. The van der Waals surface area contributed by atoms with E-state index in [2.05, 4.69) is 10.6 Å². The van der Waals surface area contributed by atoms with Gasteiger partial charge in [0.1, 0.15) is 0 Å². The lowest BCUT2D eigenvalue weighted by molar-refractivity contribution is 0.185. The van der Waals surface area contributed by atoms with E-state index < -0.39 is 0 Å². The molecule has 0 aliphatic rings. The Hall–Kier alpha value is -1.26. The van der Waals surface area contributed by atoms with Crippen LogP contribution in [0.25, 0.3) is 0 Å². The van der Waals surface area contributed by atoms with Crippen LogP contribution in [0, 0.1) is 0 Å². The van der Waals surface area contributed by atoms with Crippen molar-refractivity contribution in [3.05, 3.63) is 29.3 Å². The number of benzene rings is 1. The summed E-state index contributed by atoms with van der Waals surface area (Å²) in [5.41, 5.74) is 0.714. The van der Waals surface area contributed by atoms with E-state index in [1.807, 2.05) is 6.92 Å². The summed E-state index contributed by atoms with van der Waals surface area (Å²) in [5, 5.41) is 6.18. The first-order valence-electron chi connectivity index (χ1n) is 5.44. The lowest BCUT2D eigenvalue weighted by Crippen LogP contribution is -2.36. The van der Waals surface area contributed by atoms with Gasteiger partial charge in [-0.1, -0.05) is 11.6 Å². The van der Waals surface area contributed by atoms with Crippen LogP contribution < -0.4 is 10.6 Å². The Morgan fingerprint density at radius 3 is 2.65 bits per heavy atom. The molecule has 1 rings (SSSR count). The summed E-state index contributed by atoms with van der Waals surface area (Å²) in [6.07, 6.45) is 0.782. The van der Waals surface area contributed by atoms with Gasteiger partial charge in [-0.15, -0.1) is 0 Å². The fourth-order valence-corrected chi connectivity index (χ4v) is 1.42. The summed E-state index contributed by atoms with van der Waals surface area (Å²) in [6, 6.07) is 6.80. The van der Waals surface area contributed by atoms with Gasteiger partial charge in [0.2, 0.25) is 0 Å². The number of nitrogens with one attached hydrogen (secondary N) is 2. The summed E-state index contributed by atoms with van der Waals surface area (Å²) in [5.74, 6) is 0. The molecule has 0 saturated carbocycles. The number of ether oxygens (including phenoxy) is 1. The molecule has 1 aromatic rings. The average molecular weight is 257 g/mol. The summed E-state index contributed by atoms with van der Waals surface area (Å²) >= 11 is 5.75. The van der Waals surface area contributed by atoms with E-state index in [0.29, 0.717) is 17.3 Å². The van der Waals surface area contributed by atoms with Crippen LogP contribution in [0.5, 0.6) is 0 Å². The predicted octanol–water partition coefficient (Wildman–Crippen LogP) is 2.89. The van der Waals surface area contributed by atoms with Crippen LogP contribution in [-0.4, -0.2) is 25.8 Å².